The molecule has 1 heteroatoms. The lowest BCUT2D eigenvalue weighted by Gasteiger charge is -2.24. The topological polar surface area (TPSA) is 0 Å². The van der Waals surface area contributed by atoms with Gasteiger partial charge >= 0.3 is 0 Å². The molecule has 1 fully saturated rings. The van der Waals surface area contributed by atoms with Crippen molar-refractivity contribution in [1.82, 2.24) is 0 Å². The molecule has 2 aliphatic rings. The molecule has 0 aromatic heterocycles. The molecular formula is C13H21Cl. The fraction of sp³-hybridized carbons (Fsp3) is 0.846. The van der Waals surface area contributed by atoms with E-state index in [1.165, 1.54) is 57.8 Å². The molecule has 1 atom stereocenters. The van der Waals surface area contributed by atoms with Gasteiger partial charge in [-0.1, -0.05) is 37.3 Å². The molecule has 0 bridgehead atoms. The van der Waals surface area contributed by atoms with Gasteiger partial charge in [0.15, 0.2) is 0 Å². The second-order valence-corrected chi connectivity index (χ2v) is 5.40. The average molecular weight is 213 g/mol. The molecule has 0 aliphatic heterocycles. The SMILES string of the molecule is ClC1C=C(C2CCCCC2)CCCC1. The monoisotopic (exact) mass is 212 g/mol. The van der Waals surface area contributed by atoms with Crippen LogP contribution in [0, 0.1) is 5.92 Å². The molecule has 0 saturated heterocycles. The molecule has 1 saturated carbocycles. The van der Waals surface area contributed by atoms with E-state index in [0.717, 1.165) is 5.92 Å². The summed E-state index contributed by atoms with van der Waals surface area (Å²) in [5, 5.41) is 0.328. The number of hydrogen-bond acceptors (Lipinski definition) is 0. The van der Waals surface area contributed by atoms with Gasteiger partial charge in [0.05, 0.1) is 5.38 Å². The van der Waals surface area contributed by atoms with Crippen molar-refractivity contribution in [2.24, 2.45) is 5.92 Å². The van der Waals surface area contributed by atoms with Crippen LogP contribution in [-0.2, 0) is 0 Å². The quantitative estimate of drug-likeness (QED) is 0.438. The Morgan fingerprint density at radius 2 is 1.64 bits per heavy atom. The molecule has 0 nitrogen and oxygen atoms in total. The van der Waals surface area contributed by atoms with E-state index in [2.05, 4.69) is 6.08 Å². The molecule has 0 radical (unpaired) electrons. The standard InChI is InChI=1S/C13H21Cl/c14-13-9-5-4-8-12(10-13)11-6-2-1-3-7-11/h10-11,13H,1-9H2. The maximum atomic E-state index is 6.26. The predicted octanol–water partition coefficient (Wildman–Crippen LogP) is 4.67. The minimum Gasteiger partial charge on any atom is -0.118 e. The van der Waals surface area contributed by atoms with Gasteiger partial charge in [0.2, 0.25) is 0 Å². The van der Waals surface area contributed by atoms with Gasteiger partial charge in [-0.25, -0.2) is 0 Å². The fourth-order valence-corrected chi connectivity index (χ4v) is 3.20. The van der Waals surface area contributed by atoms with Gasteiger partial charge in [0.1, 0.15) is 0 Å². The third kappa shape index (κ3) is 2.76. The van der Waals surface area contributed by atoms with Crippen molar-refractivity contribution in [2.45, 2.75) is 63.2 Å². The summed E-state index contributed by atoms with van der Waals surface area (Å²) in [6, 6.07) is 0. The Kier molecular flexibility index (Phi) is 3.92. The van der Waals surface area contributed by atoms with Gasteiger partial charge in [-0.05, 0) is 38.0 Å². The van der Waals surface area contributed by atoms with Gasteiger partial charge in [-0.3, -0.25) is 0 Å². The van der Waals surface area contributed by atoms with Crippen molar-refractivity contribution in [3.63, 3.8) is 0 Å². The van der Waals surface area contributed by atoms with Gasteiger partial charge in [0, 0.05) is 0 Å². The highest BCUT2D eigenvalue weighted by Gasteiger charge is 2.20. The molecule has 0 amide bonds. The first-order valence-corrected chi connectivity index (χ1v) is 6.64. The van der Waals surface area contributed by atoms with Crippen LogP contribution >= 0.6 is 11.6 Å². The Hall–Kier alpha value is 0.0300. The Bertz CT molecular complexity index is 201. The normalized spacial score (nSPS) is 30.9. The second kappa shape index (κ2) is 5.21. The lowest BCUT2D eigenvalue weighted by atomic mass is 9.82. The lowest BCUT2D eigenvalue weighted by molar-refractivity contribution is 0.393. The summed E-state index contributed by atoms with van der Waals surface area (Å²) >= 11 is 6.26. The van der Waals surface area contributed by atoms with Crippen LogP contribution in [0.5, 0.6) is 0 Å². The van der Waals surface area contributed by atoms with E-state index in [1.807, 2.05) is 0 Å². The number of alkyl halides is 1. The van der Waals surface area contributed by atoms with E-state index in [9.17, 15) is 0 Å². The summed E-state index contributed by atoms with van der Waals surface area (Å²) in [5.41, 5.74) is 1.70. The van der Waals surface area contributed by atoms with E-state index in [1.54, 1.807) is 5.57 Å². The van der Waals surface area contributed by atoms with Crippen LogP contribution in [0.2, 0.25) is 0 Å². The molecule has 0 N–H and O–H groups in total. The Labute approximate surface area is 92.7 Å². The maximum absolute atomic E-state index is 6.26. The third-order valence-corrected chi connectivity index (χ3v) is 4.06. The maximum Gasteiger partial charge on any atom is 0.0518 e. The number of allylic oxidation sites excluding steroid dienone is 2. The Morgan fingerprint density at radius 3 is 2.43 bits per heavy atom. The third-order valence-electron chi connectivity index (χ3n) is 3.72. The summed E-state index contributed by atoms with van der Waals surface area (Å²) in [4.78, 5) is 0. The first kappa shape index (κ1) is 10.5. The van der Waals surface area contributed by atoms with Crippen molar-refractivity contribution in [2.75, 3.05) is 0 Å². The molecule has 2 rings (SSSR count). The highest BCUT2D eigenvalue weighted by molar-refractivity contribution is 6.21. The summed E-state index contributed by atoms with van der Waals surface area (Å²) in [6.07, 6.45) is 14.8. The first-order chi connectivity index (χ1) is 6.86. The first-order valence-electron chi connectivity index (χ1n) is 6.21. The van der Waals surface area contributed by atoms with Crippen molar-refractivity contribution in [1.29, 1.82) is 0 Å². The van der Waals surface area contributed by atoms with Gasteiger partial charge < -0.3 is 0 Å². The van der Waals surface area contributed by atoms with Gasteiger partial charge in [-0.15, -0.1) is 11.6 Å². The zero-order valence-electron chi connectivity index (χ0n) is 8.97. The minimum absolute atomic E-state index is 0.328. The molecule has 80 valence electrons. The van der Waals surface area contributed by atoms with E-state index in [-0.39, 0.29) is 0 Å². The van der Waals surface area contributed by atoms with Crippen LogP contribution in [0.4, 0.5) is 0 Å². The van der Waals surface area contributed by atoms with Crippen molar-refractivity contribution in [3.8, 4) is 0 Å². The smallest absolute Gasteiger partial charge is 0.0518 e. The van der Waals surface area contributed by atoms with Gasteiger partial charge in [-0.2, -0.15) is 0 Å². The fourth-order valence-electron chi connectivity index (χ4n) is 2.88. The largest absolute Gasteiger partial charge is 0.118 e. The Balaban J connectivity index is 1.98. The Morgan fingerprint density at radius 1 is 0.929 bits per heavy atom. The summed E-state index contributed by atoms with van der Waals surface area (Å²) < 4.78 is 0. The van der Waals surface area contributed by atoms with Crippen LogP contribution in [0.1, 0.15) is 57.8 Å². The van der Waals surface area contributed by atoms with Crippen LogP contribution in [0.15, 0.2) is 11.6 Å². The van der Waals surface area contributed by atoms with Gasteiger partial charge in [0.25, 0.3) is 0 Å². The molecule has 1 unspecified atom stereocenters. The molecule has 0 aromatic rings. The molecule has 2 aliphatic carbocycles. The lowest BCUT2D eigenvalue weighted by Crippen LogP contribution is -2.09. The zero-order valence-corrected chi connectivity index (χ0v) is 9.73. The predicted molar refractivity (Wildman–Crippen MR) is 62.8 cm³/mol. The summed E-state index contributed by atoms with van der Waals surface area (Å²) in [5.74, 6) is 0.892. The highest BCUT2D eigenvalue weighted by Crippen LogP contribution is 2.34. The molecular weight excluding hydrogens is 192 g/mol. The van der Waals surface area contributed by atoms with E-state index < -0.39 is 0 Å². The van der Waals surface area contributed by atoms with Crippen LogP contribution in [0.3, 0.4) is 0 Å². The number of halogens is 1. The van der Waals surface area contributed by atoms with Crippen LogP contribution < -0.4 is 0 Å². The molecule has 14 heavy (non-hydrogen) atoms. The minimum atomic E-state index is 0.328. The van der Waals surface area contributed by atoms with Crippen molar-refractivity contribution >= 4 is 11.6 Å². The average Bonchev–Trinajstić information content (AvgIpc) is 2.44. The number of hydrogen-bond donors (Lipinski definition) is 0. The summed E-state index contributed by atoms with van der Waals surface area (Å²) in [7, 11) is 0. The van der Waals surface area contributed by atoms with E-state index >= 15 is 0 Å². The summed E-state index contributed by atoms with van der Waals surface area (Å²) in [6.45, 7) is 0. The van der Waals surface area contributed by atoms with E-state index in [0.29, 0.717) is 5.38 Å². The molecule has 0 spiro atoms. The highest BCUT2D eigenvalue weighted by atomic mass is 35.5. The van der Waals surface area contributed by atoms with Crippen molar-refractivity contribution in [3.05, 3.63) is 11.6 Å². The molecule has 0 aromatic carbocycles. The van der Waals surface area contributed by atoms with Crippen LogP contribution in [0.25, 0.3) is 0 Å². The zero-order chi connectivity index (χ0) is 9.80. The van der Waals surface area contributed by atoms with Crippen LogP contribution in [-0.4, -0.2) is 5.38 Å². The van der Waals surface area contributed by atoms with E-state index in [4.69, 9.17) is 11.6 Å². The second-order valence-electron chi connectivity index (χ2n) is 4.84. The van der Waals surface area contributed by atoms with Crippen molar-refractivity contribution < 1.29 is 0 Å². The molecule has 0 heterocycles. The number of rotatable bonds is 1.